The Labute approximate surface area is 125 Å². The molecule has 1 aliphatic rings. The first kappa shape index (κ1) is 14.1. The fraction of sp³-hybridized carbons (Fsp3) is 0.471. The fourth-order valence-corrected chi connectivity index (χ4v) is 3.06. The zero-order valence-electron chi connectivity index (χ0n) is 12.5. The zero-order chi connectivity index (χ0) is 14.7. The van der Waals surface area contributed by atoms with Crippen LogP contribution in [0, 0.1) is 12.7 Å². The lowest BCUT2D eigenvalue weighted by molar-refractivity contribution is 0.623. The van der Waals surface area contributed by atoms with Crippen molar-refractivity contribution < 1.29 is 4.39 Å². The Morgan fingerprint density at radius 2 is 2.14 bits per heavy atom. The number of anilines is 1. The van der Waals surface area contributed by atoms with Crippen LogP contribution in [0.2, 0.25) is 0 Å². The molecule has 112 valence electrons. The third-order valence-electron chi connectivity index (χ3n) is 4.33. The second-order valence-corrected chi connectivity index (χ2v) is 5.89. The summed E-state index contributed by atoms with van der Waals surface area (Å²) < 4.78 is 15.3. The summed E-state index contributed by atoms with van der Waals surface area (Å²) in [6.45, 7) is 2.82. The van der Waals surface area contributed by atoms with E-state index in [0.717, 1.165) is 24.5 Å². The molecule has 3 nitrogen and oxygen atoms in total. The minimum absolute atomic E-state index is 0.164. The molecule has 1 aromatic heterocycles. The Morgan fingerprint density at radius 3 is 2.90 bits per heavy atom. The van der Waals surface area contributed by atoms with Gasteiger partial charge in [0.25, 0.3) is 0 Å². The van der Waals surface area contributed by atoms with Crippen molar-refractivity contribution in [1.82, 2.24) is 9.55 Å². The molecule has 1 heterocycles. The first-order valence-corrected chi connectivity index (χ1v) is 7.75. The average Bonchev–Trinajstić information content (AvgIpc) is 3.10. The molecule has 0 atom stereocenters. The van der Waals surface area contributed by atoms with E-state index in [-0.39, 0.29) is 5.82 Å². The molecule has 0 bridgehead atoms. The number of imidazole rings is 1. The summed E-state index contributed by atoms with van der Waals surface area (Å²) in [4.78, 5) is 4.42. The van der Waals surface area contributed by atoms with Crippen LogP contribution in [0.1, 0.15) is 36.8 Å². The highest BCUT2D eigenvalue weighted by molar-refractivity contribution is 5.30. The summed E-state index contributed by atoms with van der Waals surface area (Å²) in [5.41, 5.74) is 2.21. The number of benzene rings is 1. The third kappa shape index (κ3) is 3.43. The number of hydrogen-bond donors (Lipinski definition) is 1. The Balaban J connectivity index is 1.63. The summed E-state index contributed by atoms with van der Waals surface area (Å²) in [5.74, 6) is 0.795. The molecule has 1 aliphatic carbocycles. The zero-order valence-corrected chi connectivity index (χ0v) is 12.5. The predicted octanol–water partition coefficient (Wildman–Crippen LogP) is 3.93. The van der Waals surface area contributed by atoms with Gasteiger partial charge in [-0.05, 0) is 49.4 Å². The van der Waals surface area contributed by atoms with Crippen molar-refractivity contribution in [2.75, 3.05) is 5.32 Å². The van der Waals surface area contributed by atoms with Crippen LogP contribution >= 0.6 is 0 Å². The van der Waals surface area contributed by atoms with E-state index in [9.17, 15) is 4.39 Å². The van der Waals surface area contributed by atoms with Gasteiger partial charge in [0.1, 0.15) is 5.82 Å². The number of rotatable bonds is 5. The first-order chi connectivity index (χ1) is 10.2. The van der Waals surface area contributed by atoms with Gasteiger partial charge in [0.05, 0.1) is 0 Å². The SMILES string of the molecule is Cc1cc(F)ccc1CCn1ccnc1NC1CCCC1. The van der Waals surface area contributed by atoms with Crippen LogP contribution in [0.5, 0.6) is 0 Å². The van der Waals surface area contributed by atoms with Crippen molar-refractivity contribution in [1.29, 1.82) is 0 Å². The number of aryl methyl sites for hydroxylation is 3. The molecule has 0 amide bonds. The summed E-state index contributed by atoms with van der Waals surface area (Å²) in [7, 11) is 0. The molecule has 0 spiro atoms. The normalized spacial score (nSPS) is 15.5. The van der Waals surface area contributed by atoms with Crippen LogP contribution in [0.3, 0.4) is 0 Å². The Bertz CT molecular complexity index is 600. The van der Waals surface area contributed by atoms with Crippen LogP contribution in [-0.4, -0.2) is 15.6 Å². The van der Waals surface area contributed by atoms with E-state index in [1.807, 2.05) is 25.4 Å². The van der Waals surface area contributed by atoms with Crippen LogP contribution in [0.4, 0.5) is 10.3 Å². The first-order valence-electron chi connectivity index (χ1n) is 7.75. The molecule has 4 heteroatoms. The quantitative estimate of drug-likeness (QED) is 0.903. The van der Waals surface area contributed by atoms with Crippen molar-refractivity contribution in [3.8, 4) is 0 Å². The summed E-state index contributed by atoms with van der Waals surface area (Å²) in [6, 6.07) is 5.58. The number of nitrogens with one attached hydrogen (secondary N) is 1. The number of nitrogens with zero attached hydrogens (tertiary/aromatic N) is 2. The lowest BCUT2D eigenvalue weighted by Crippen LogP contribution is -2.18. The van der Waals surface area contributed by atoms with Gasteiger partial charge in [0, 0.05) is 25.0 Å². The standard InChI is InChI=1S/C17H22FN3/c1-13-12-15(18)7-6-14(13)8-10-21-11-9-19-17(21)20-16-4-2-3-5-16/h6-7,9,11-12,16H,2-5,8,10H2,1H3,(H,19,20). The Kier molecular flexibility index (Phi) is 4.23. The van der Waals surface area contributed by atoms with Gasteiger partial charge in [-0.25, -0.2) is 9.37 Å². The largest absolute Gasteiger partial charge is 0.353 e. The van der Waals surface area contributed by atoms with Crippen molar-refractivity contribution in [3.63, 3.8) is 0 Å². The predicted molar refractivity (Wildman–Crippen MR) is 82.9 cm³/mol. The Morgan fingerprint density at radius 1 is 1.33 bits per heavy atom. The summed E-state index contributed by atoms with van der Waals surface area (Å²) in [5, 5.41) is 3.54. The van der Waals surface area contributed by atoms with Crippen LogP contribution in [-0.2, 0) is 13.0 Å². The van der Waals surface area contributed by atoms with Crippen molar-refractivity contribution >= 4 is 5.95 Å². The minimum Gasteiger partial charge on any atom is -0.353 e. The fourth-order valence-electron chi connectivity index (χ4n) is 3.06. The Hall–Kier alpha value is -1.84. The molecule has 1 fully saturated rings. The lowest BCUT2D eigenvalue weighted by Gasteiger charge is -2.15. The molecular weight excluding hydrogens is 265 g/mol. The monoisotopic (exact) mass is 287 g/mol. The van der Waals surface area contributed by atoms with Crippen molar-refractivity contribution in [3.05, 3.63) is 47.5 Å². The maximum atomic E-state index is 13.1. The topological polar surface area (TPSA) is 29.9 Å². The van der Waals surface area contributed by atoms with Gasteiger partial charge < -0.3 is 9.88 Å². The lowest BCUT2D eigenvalue weighted by atomic mass is 10.1. The van der Waals surface area contributed by atoms with Crippen LogP contribution in [0.15, 0.2) is 30.6 Å². The molecule has 2 aromatic rings. The van der Waals surface area contributed by atoms with E-state index in [1.165, 1.54) is 37.3 Å². The molecule has 1 saturated carbocycles. The minimum atomic E-state index is -0.164. The van der Waals surface area contributed by atoms with Gasteiger partial charge in [-0.3, -0.25) is 0 Å². The summed E-state index contributed by atoms with van der Waals surface area (Å²) >= 11 is 0. The highest BCUT2D eigenvalue weighted by Crippen LogP contribution is 2.21. The highest BCUT2D eigenvalue weighted by atomic mass is 19.1. The molecule has 3 rings (SSSR count). The van der Waals surface area contributed by atoms with Gasteiger partial charge in [0.2, 0.25) is 5.95 Å². The molecule has 0 aliphatic heterocycles. The molecule has 1 aromatic carbocycles. The molecule has 0 unspecified atom stereocenters. The van der Waals surface area contributed by atoms with Gasteiger partial charge in [-0.1, -0.05) is 18.9 Å². The highest BCUT2D eigenvalue weighted by Gasteiger charge is 2.16. The van der Waals surface area contributed by atoms with E-state index < -0.39 is 0 Å². The molecule has 1 N–H and O–H groups in total. The third-order valence-corrected chi connectivity index (χ3v) is 4.33. The molecule has 0 saturated heterocycles. The summed E-state index contributed by atoms with van der Waals surface area (Å²) in [6.07, 6.45) is 9.85. The van der Waals surface area contributed by atoms with E-state index in [1.54, 1.807) is 6.07 Å². The maximum absolute atomic E-state index is 13.1. The van der Waals surface area contributed by atoms with E-state index in [0.29, 0.717) is 6.04 Å². The van der Waals surface area contributed by atoms with Gasteiger partial charge in [-0.15, -0.1) is 0 Å². The molecule has 0 radical (unpaired) electrons. The van der Waals surface area contributed by atoms with E-state index >= 15 is 0 Å². The van der Waals surface area contributed by atoms with Crippen molar-refractivity contribution in [2.45, 2.75) is 51.6 Å². The van der Waals surface area contributed by atoms with Gasteiger partial charge in [-0.2, -0.15) is 0 Å². The average molecular weight is 287 g/mol. The second kappa shape index (κ2) is 6.29. The smallest absolute Gasteiger partial charge is 0.202 e. The molecule has 21 heavy (non-hydrogen) atoms. The number of halogens is 1. The van der Waals surface area contributed by atoms with E-state index in [2.05, 4.69) is 14.9 Å². The van der Waals surface area contributed by atoms with Gasteiger partial charge in [0.15, 0.2) is 0 Å². The van der Waals surface area contributed by atoms with Crippen LogP contribution < -0.4 is 5.32 Å². The maximum Gasteiger partial charge on any atom is 0.202 e. The molecular formula is C17H22FN3. The van der Waals surface area contributed by atoms with E-state index in [4.69, 9.17) is 0 Å². The van der Waals surface area contributed by atoms with Crippen LogP contribution in [0.25, 0.3) is 0 Å². The second-order valence-electron chi connectivity index (χ2n) is 5.89. The van der Waals surface area contributed by atoms with Crippen molar-refractivity contribution in [2.24, 2.45) is 0 Å². The number of aromatic nitrogens is 2. The van der Waals surface area contributed by atoms with Gasteiger partial charge >= 0.3 is 0 Å². The number of hydrogen-bond acceptors (Lipinski definition) is 2.